The smallest absolute Gasteiger partial charge is 0.416 e. The van der Waals surface area contributed by atoms with Crippen LogP contribution in [0.25, 0.3) is 0 Å². The standard InChI is InChI=1S/C24H24F3N3O3.C9H14N4O2S/c25-24(26,27)21-6-2-18(3-7-21)16-19-4-8-22(9-5-19)33-23(31)29-14-10-20(11-15-29)17-32-30-13-1-12-28-30;14-9(15)13-3-1-7(2-4-13)5-16-8-10-6-11-12-8/h1-9,12-13,20H,10-11,14-17H2;6-7H,1-5H2,(H,14,15)(H,10,11,12). The molecule has 262 valence electrons. The maximum absolute atomic E-state index is 12.7. The fourth-order valence-electron chi connectivity index (χ4n) is 5.43. The zero-order valence-corrected chi connectivity index (χ0v) is 27.5. The van der Waals surface area contributed by atoms with Crippen molar-refractivity contribution in [3.8, 4) is 5.75 Å². The number of nitrogens with one attached hydrogen (secondary N) is 1. The number of piperidine rings is 2. The normalized spacial score (nSPS) is 15.7. The summed E-state index contributed by atoms with van der Waals surface area (Å²) < 4.78 is 43.5. The van der Waals surface area contributed by atoms with E-state index in [-0.39, 0.29) is 0 Å². The number of benzene rings is 2. The molecule has 2 saturated heterocycles. The monoisotopic (exact) mass is 701 g/mol. The molecule has 0 aliphatic carbocycles. The summed E-state index contributed by atoms with van der Waals surface area (Å²) in [5.74, 6) is 2.33. The number of aromatic nitrogens is 5. The van der Waals surface area contributed by atoms with Crippen molar-refractivity contribution in [3.63, 3.8) is 0 Å². The van der Waals surface area contributed by atoms with Crippen molar-refractivity contribution in [2.45, 2.75) is 43.4 Å². The number of halogens is 3. The van der Waals surface area contributed by atoms with Crippen molar-refractivity contribution in [1.29, 1.82) is 0 Å². The SMILES string of the molecule is O=C(O)N1CCC(CSc2ncn[nH]2)CC1.O=C(Oc1ccc(Cc2ccc(C(F)(F)F)cc2)cc1)N1CCC(COn2cccn2)CC1. The molecule has 6 rings (SSSR count). The number of likely N-dealkylation sites (tertiary alicyclic amines) is 2. The van der Waals surface area contributed by atoms with Crippen LogP contribution in [0, 0.1) is 11.8 Å². The number of H-pyrrole nitrogens is 1. The fraction of sp³-hybridized carbons (Fsp3) is 0.424. The van der Waals surface area contributed by atoms with Gasteiger partial charge in [-0.3, -0.25) is 5.10 Å². The Kier molecular flexibility index (Phi) is 12.4. The second-order valence-corrected chi connectivity index (χ2v) is 12.8. The minimum absolute atomic E-state index is 0.350. The first-order valence-electron chi connectivity index (χ1n) is 15.9. The van der Waals surface area contributed by atoms with E-state index < -0.39 is 23.9 Å². The summed E-state index contributed by atoms with van der Waals surface area (Å²) in [6, 6.07) is 13.9. The van der Waals surface area contributed by atoms with E-state index in [9.17, 15) is 22.8 Å². The Bertz CT molecular complexity index is 1570. The van der Waals surface area contributed by atoms with Gasteiger partial charge < -0.3 is 24.5 Å². The number of carbonyl (C=O) groups excluding carboxylic acids is 1. The van der Waals surface area contributed by atoms with E-state index in [0.717, 1.165) is 59.9 Å². The molecule has 0 atom stereocenters. The Morgan fingerprint density at radius 1 is 0.918 bits per heavy atom. The molecule has 0 spiro atoms. The van der Waals surface area contributed by atoms with Crippen molar-refractivity contribution in [2.24, 2.45) is 11.8 Å². The Morgan fingerprint density at radius 2 is 1.55 bits per heavy atom. The molecule has 2 aromatic carbocycles. The lowest BCUT2D eigenvalue weighted by molar-refractivity contribution is -0.137. The Balaban J connectivity index is 0.000000244. The van der Waals surface area contributed by atoms with Gasteiger partial charge in [0.1, 0.15) is 18.7 Å². The number of thioether (sulfide) groups is 1. The van der Waals surface area contributed by atoms with Crippen molar-refractivity contribution in [2.75, 3.05) is 38.5 Å². The maximum Gasteiger partial charge on any atom is 0.416 e. The molecule has 49 heavy (non-hydrogen) atoms. The average Bonchev–Trinajstić information content (AvgIpc) is 3.83. The zero-order valence-electron chi connectivity index (χ0n) is 26.7. The molecule has 4 aromatic rings. The van der Waals surface area contributed by atoms with Gasteiger partial charge in [-0.2, -0.15) is 18.3 Å². The number of aromatic amines is 1. The van der Waals surface area contributed by atoms with Gasteiger partial charge in [-0.1, -0.05) is 36.0 Å². The number of ether oxygens (including phenoxy) is 1. The zero-order chi connectivity index (χ0) is 34.6. The van der Waals surface area contributed by atoms with E-state index in [0.29, 0.717) is 56.8 Å². The Labute approximate surface area is 285 Å². The van der Waals surface area contributed by atoms with Crippen LogP contribution in [0.15, 0.2) is 78.5 Å². The van der Waals surface area contributed by atoms with E-state index in [2.05, 4.69) is 20.3 Å². The predicted octanol–water partition coefficient (Wildman–Crippen LogP) is 6.12. The van der Waals surface area contributed by atoms with Crippen molar-refractivity contribution < 1.29 is 37.4 Å². The van der Waals surface area contributed by atoms with Crippen LogP contribution < -0.4 is 9.57 Å². The molecule has 12 nitrogen and oxygen atoms in total. The van der Waals surface area contributed by atoms with Gasteiger partial charge in [-0.15, -0.1) is 9.94 Å². The van der Waals surface area contributed by atoms with Crippen LogP contribution in [-0.4, -0.2) is 90.8 Å². The van der Waals surface area contributed by atoms with Crippen LogP contribution >= 0.6 is 11.8 Å². The molecule has 16 heteroatoms. The fourth-order valence-corrected chi connectivity index (χ4v) is 6.40. The molecule has 0 radical (unpaired) electrons. The summed E-state index contributed by atoms with van der Waals surface area (Å²) >= 11 is 1.65. The molecule has 0 bridgehead atoms. The molecule has 2 amide bonds. The van der Waals surface area contributed by atoms with Gasteiger partial charge in [-0.05, 0) is 85.4 Å². The molecular weight excluding hydrogens is 663 g/mol. The van der Waals surface area contributed by atoms with Crippen molar-refractivity contribution in [1.82, 2.24) is 34.9 Å². The summed E-state index contributed by atoms with van der Waals surface area (Å²) in [5, 5.41) is 20.2. The van der Waals surface area contributed by atoms with E-state index in [1.807, 2.05) is 0 Å². The maximum atomic E-state index is 12.7. The molecular formula is C33H38F3N7O5S. The number of hydrogen-bond donors (Lipinski definition) is 2. The quantitative estimate of drug-likeness (QED) is 0.198. The first kappa shape index (κ1) is 35.6. The Hall–Kier alpha value is -4.73. The van der Waals surface area contributed by atoms with Gasteiger partial charge in [0, 0.05) is 31.9 Å². The number of carboxylic acid groups (broad SMARTS) is 1. The number of amides is 2. The number of hydrogen-bond acceptors (Lipinski definition) is 8. The van der Waals surface area contributed by atoms with Crippen LogP contribution in [-0.2, 0) is 12.6 Å². The van der Waals surface area contributed by atoms with Crippen LogP contribution in [0.1, 0.15) is 42.4 Å². The number of rotatable bonds is 9. The molecule has 0 saturated carbocycles. The Morgan fingerprint density at radius 3 is 2.12 bits per heavy atom. The third-order valence-corrected chi connectivity index (χ3v) is 9.46. The second-order valence-electron chi connectivity index (χ2n) is 11.8. The van der Waals surface area contributed by atoms with Gasteiger partial charge >= 0.3 is 18.4 Å². The third-order valence-electron chi connectivity index (χ3n) is 8.35. The summed E-state index contributed by atoms with van der Waals surface area (Å²) in [7, 11) is 0. The number of nitrogens with zero attached hydrogens (tertiary/aromatic N) is 6. The molecule has 4 heterocycles. The van der Waals surface area contributed by atoms with E-state index >= 15 is 0 Å². The summed E-state index contributed by atoms with van der Waals surface area (Å²) in [6.45, 7) is 3.04. The highest BCUT2D eigenvalue weighted by atomic mass is 32.2. The van der Waals surface area contributed by atoms with Crippen LogP contribution in [0.3, 0.4) is 0 Å². The van der Waals surface area contributed by atoms with Gasteiger partial charge in [0.25, 0.3) is 0 Å². The lowest BCUT2D eigenvalue weighted by Crippen LogP contribution is -2.41. The van der Waals surface area contributed by atoms with Gasteiger partial charge in [-0.25, -0.2) is 14.6 Å². The van der Waals surface area contributed by atoms with E-state index in [1.54, 1.807) is 59.4 Å². The lowest BCUT2D eigenvalue weighted by Gasteiger charge is -2.30. The van der Waals surface area contributed by atoms with Crippen LogP contribution in [0.2, 0.25) is 0 Å². The molecule has 2 N–H and O–H groups in total. The topological polar surface area (TPSA) is 139 Å². The predicted molar refractivity (Wildman–Crippen MR) is 174 cm³/mol. The summed E-state index contributed by atoms with van der Waals surface area (Å²) in [5.41, 5.74) is 1.02. The summed E-state index contributed by atoms with van der Waals surface area (Å²) in [6.07, 6.45) is 3.36. The molecule has 2 aliphatic rings. The minimum atomic E-state index is -4.34. The molecule has 2 aliphatic heterocycles. The summed E-state index contributed by atoms with van der Waals surface area (Å²) in [4.78, 5) is 37.4. The van der Waals surface area contributed by atoms with Gasteiger partial charge in [0.05, 0.1) is 18.0 Å². The van der Waals surface area contributed by atoms with Gasteiger partial charge in [0.2, 0.25) is 0 Å². The highest BCUT2D eigenvalue weighted by Gasteiger charge is 2.30. The highest BCUT2D eigenvalue weighted by Crippen LogP contribution is 2.29. The van der Waals surface area contributed by atoms with Crippen LogP contribution in [0.4, 0.5) is 22.8 Å². The minimum Gasteiger partial charge on any atom is -0.465 e. The van der Waals surface area contributed by atoms with Crippen molar-refractivity contribution in [3.05, 3.63) is 90.0 Å². The molecule has 0 unspecified atom stereocenters. The second kappa shape index (κ2) is 17.1. The first-order valence-corrected chi connectivity index (χ1v) is 16.9. The first-order chi connectivity index (χ1) is 23.6. The van der Waals surface area contributed by atoms with E-state index in [1.165, 1.54) is 28.2 Å². The number of alkyl halides is 3. The van der Waals surface area contributed by atoms with E-state index in [4.69, 9.17) is 14.7 Å². The van der Waals surface area contributed by atoms with Crippen LogP contribution in [0.5, 0.6) is 5.75 Å². The largest absolute Gasteiger partial charge is 0.465 e. The third kappa shape index (κ3) is 11.2. The average molecular weight is 702 g/mol. The van der Waals surface area contributed by atoms with Crippen molar-refractivity contribution >= 4 is 23.9 Å². The lowest BCUT2D eigenvalue weighted by atomic mass is 9.98. The molecule has 2 aromatic heterocycles. The highest BCUT2D eigenvalue weighted by molar-refractivity contribution is 7.99. The molecule has 2 fully saturated rings. The van der Waals surface area contributed by atoms with Gasteiger partial charge in [0.15, 0.2) is 5.16 Å². The number of carbonyl (C=O) groups is 2.